The number of aliphatic imine (C=N–C) groups is 1. The van der Waals surface area contributed by atoms with Crippen LogP contribution < -0.4 is 15.7 Å². The van der Waals surface area contributed by atoms with Crippen molar-refractivity contribution in [3.63, 3.8) is 0 Å². The standard InChI is InChI=1S/C14H11B2NO2/c1-19-12-4-2-11(3-5-12)17-8-9-6-10(15)7-13(16)14(9)18/h2-8,18H,1H3. The van der Waals surface area contributed by atoms with Crippen LogP contribution in [0.1, 0.15) is 5.56 Å². The molecule has 0 aliphatic rings. The van der Waals surface area contributed by atoms with Crippen LogP contribution in [0.3, 0.4) is 0 Å². The van der Waals surface area contributed by atoms with Gasteiger partial charge in [0.1, 0.15) is 27.2 Å². The van der Waals surface area contributed by atoms with Crippen molar-refractivity contribution in [2.45, 2.75) is 0 Å². The molecule has 5 heteroatoms. The maximum absolute atomic E-state index is 9.79. The third-order valence-electron chi connectivity index (χ3n) is 2.62. The first-order chi connectivity index (χ1) is 9.10. The van der Waals surface area contributed by atoms with Gasteiger partial charge in [-0.25, -0.2) is 0 Å². The molecule has 4 radical (unpaired) electrons. The minimum absolute atomic E-state index is 0.0218. The first-order valence-electron chi connectivity index (χ1n) is 5.66. The van der Waals surface area contributed by atoms with Crippen LogP contribution in [0, 0.1) is 0 Å². The van der Waals surface area contributed by atoms with E-state index in [4.69, 9.17) is 20.4 Å². The second-order valence-corrected chi connectivity index (χ2v) is 4.00. The molecule has 2 aromatic rings. The summed E-state index contributed by atoms with van der Waals surface area (Å²) in [4.78, 5) is 4.24. The smallest absolute Gasteiger partial charge is 0.119 e. The Hall–Kier alpha value is -2.16. The summed E-state index contributed by atoms with van der Waals surface area (Å²) in [6, 6.07) is 10.3. The van der Waals surface area contributed by atoms with E-state index >= 15 is 0 Å². The molecule has 1 N–H and O–H groups in total. The van der Waals surface area contributed by atoms with E-state index in [1.807, 2.05) is 12.1 Å². The van der Waals surface area contributed by atoms with Gasteiger partial charge in [0.15, 0.2) is 0 Å². The summed E-state index contributed by atoms with van der Waals surface area (Å²) in [5.74, 6) is 0.737. The van der Waals surface area contributed by atoms with Crippen LogP contribution in [0.25, 0.3) is 0 Å². The van der Waals surface area contributed by atoms with Gasteiger partial charge in [0, 0.05) is 11.8 Å². The van der Waals surface area contributed by atoms with Crippen molar-refractivity contribution in [1.29, 1.82) is 0 Å². The Morgan fingerprint density at radius 1 is 1.16 bits per heavy atom. The molecule has 19 heavy (non-hydrogen) atoms. The highest BCUT2D eigenvalue weighted by Crippen LogP contribution is 2.18. The van der Waals surface area contributed by atoms with Crippen LogP contribution in [0.5, 0.6) is 11.5 Å². The number of phenolic OH excluding ortho intramolecular Hbond substituents is 1. The quantitative estimate of drug-likeness (QED) is 0.641. The highest BCUT2D eigenvalue weighted by Gasteiger charge is 2.02. The van der Waals surface area contributed by atoms with Gasteiger partial charge in [0.05, 0.1) is 12.8 Å². The van der Waals surface area contributed by atoms with Crippen LogP contribution in [-0.2, 0) is 0 Å². The molecule has 0 aliphatic carbocycles. The van der Waals surface area contributed by atoms with Crippen molar-refractivity contribution < 1.29 is 9.84 Å². The van der Waals surface area contributed by atoms with Gasteiger partial charge in [0.25, 0.3) is 0 Å². The molecule has 0 saturated heterocycles. The number of nitrogens with zero attached hydrogens (tertiary/aromatic N) is 1. The van der Waals surface area contributed by atoms with Crippen molar-refractivity contribution >= 4 is 38.5 Å². The Morgan fingerprint density at radius 2 is 1.84 bits per heavy atom. The van der Waals surface area contributed by atoms with Crippen LogP contribution in [-0.4, -0.2) is 34.1 Å². The molecule has 0 spiro atoms. The third-order valence-corrected chi connectivity index (χ3v) is 2.62. The van der Waals surface area contributed by atoms with E-state index in [-0.39, 0.29) is 11.2 Å². The zero-order valence-corrected chi connectivity index (χ0v) is 10.5. The Morgan fingerprint density at radius 3 is 2.47 bits per heavy atom. The fourth-order valence-corrected chi connectivity index (χ4v) is 1.61. The van der Waals surface area contributed by atoms with Crippen LogP contribution in [0.15, 0.2) is 41.4 Å². The topological polar surface area (TPSA) is 41.8 Å². The minimum atomic E-state index is -0.0218. The number of benzene rings is 2. The molecule has 90 valence electrons. The van der Waals surface area contributed by atoms with E-state index < -0.39 is 0 Å². The maximum Gasteiger partial charge on any atom is 0.119 e. The van der Waals surface area contributed by atoms with Gasteiger partial charge in [-0.15, -0.1) is 0 Å². The molecule has 0 aliphatic heterocycles. The Kier molecular flexibility index (Phi) is 3.95. The molecule has 0 fully saturated rings. The Balaban J connectivity index is 2.27. The average Bonchev–Trinajstić information content (AvgIpc) is 2.41. The summed E-state index contributed by atoms with van der Waals surface area (Å²) in [7, 11) is 12.9. The molecular weight excluding hydrogens is 236 g/mol. The average molecular weight is 247 g/mol. The van der Waals surface area contributed by atoms with E-state index in [1.165, 1.54) is 12.3 Å². The van der Waals surface area contributed by atoms with Gasteiger partial charge in [-0.05, 0) is 24.3 Å². The minimum Gasteiger partial charge on any atom is -0.508 e. The zero-order chi connectivity index (χ0) is 13.8. The van der Waals surface area contributed by atoms with E-state index in [0.29, 0.717) is 11.0 Å². The molecular formula is C14H11B2NO2. The highest BCUT2D eigenvalue weighted by atomic mass is 16.5. The first-order valence-corrected chi connectivity index (χ1v) is 5.66. The second kappa shape index (κ2) is 5.65. The molecule has 2 rings (SSSR count). The summed E-state index contributed by atoms with van der Waals surface area (Å²) in [5, 5.41) is 9.79. The van der Waals surface area contributed by atoms with E-state index in [0.717, 1.165) is 11.4 Å². The van der Waals surface area contributed by atoms with Gasteiger partial charge in [-0.1, -0.05) is 23.1 Å². The predicted molar refractivity (Wildman–Crippen MR) is 79.1 cm³/mol. The van der Waals surface area contributed by atoms with Crippen LogP contribution >= 0.6 is 0 Å². The molecule has 0 bridgehead atoms. The normalized spacial score (nSPS) is 10.8. The maximum atomic E-state index is 9.79. The summed E-state index contributed by atoms with van der Waals surface area (Å²) >= 11 is 0. The van der Waals surface area contributed by atoms with Crippen molar-refractivity contribution in [2.24, 2.45) is 4.99 Å². The molecule has 0 atom stereocenters. The number of methoxy groups -OCH3 is 1. The highest BCUT2D eigenvalue weighted by molar-refractivity contribution is 6.39. The van der Waals surface area contributed by atoms with Crippen molar-refractivity contribution in [3.05, 3.63) is 42.0 Å². The molecule has 0 unspecified atom stereocenters. The van der Waals surface area contributed by atoms with E-state index in [2.05, 4.69) is 4.99 Å². The Labute approximate surface area is 114 Å². The number of rotatable bonds is 3. The fraction of sp³-hybridized carbons (Fsp3) is 0.0714. The summed E-state index contributed by atoms with van der Waals surface area (Å²) in [6.07, 6.45) is 1.52. The molecule has 0 heterocycles. The van der Waals surface area contributed by atoms with Gasteiger partial charge in [-0.3, -0.25) is 4.99 Å². The third kappa shape index (κ3) is 3.19. The monoisotopic (exact) mass is 247 g/mol. The van der Waals surface area contributed by atoms with Crippen LogP contribution in [0.2, 0.25) is 0 Å². The predicted octanol–water partition coefficient (Wildman–Crippen LogP) is 0.739. The van der Waals surface area contributed by atoms with Gasteiger partial charge < -0.3 is 9.84 Å². The Bertz CT molecular complexity index is 610. The largest absolute Gasteiger partial charge is 0.508 e. The summed E-state index contributed by atoms with van der Waals surface area (Å²) in [6.45, 7) is 0. The van der Waals surface area contributed by atoms with Gasteiger partial charge in [-0.2, -0.15) is 0 Å². The summed E-state index contributed by atoms with van der Waals surface area (Å²) < 4.78 is 5.06. The lowest BCUT2D eigenvalue weighted by Crippen LogP contribution is -2.15. The first kappa shape index (κ1) is 13.3. The molecule has 3 nitrogen and oxygen atoms in total. The molecule has 2 aromatic carbocycles. The number of ether oxygens (including phenoxy) is 1. The second-order valence-electron chi connectivity index (χ2n) is 4.00. The number of phenols is 1. The van der Waals surface area contributed by atoms with Gasteiger partial charge in [0.2, 0.25) is 0 Å². The SMILES string of the molecule is [B]c1cc([B])c(O)c(C=Nc2ccc(OC)cc2)c1. The number of hydrogen-bond donors (Lipinski definition) is 1. The van der Waals surface area contributed by atoms with Gasteiger partial charge >= 0.3 is 0 Å². The van der Waals surface area contributed by atoms with Crippen LogP contribution in [0.4, 0.5) is 5.69 Å². The zero-order valence-electron chi connectivity index (χ0n) is 10.5. The van der Waals surface area contributed by atoms with Crippen molar-refractivity contribution in [1.82, 2.24) is 0 Å². The van der Waals surface area contributed by atoms with Crippen molar-refractivity contribution in [2.75, 3.05) is 7.11 Å². The lowest BCUT2D eigenvalue weighted by molar-refractivity contribution is 0.415. The number of hydrogen-bond acceptors (Lipinski definition) is 3. The number of aromatic hydroxyl groups is 1. The van der Waals surface area contributed by atoms with E-state index in [1.54, 1.807) is 25.3 Å². The summed E-state index contributed by atoms with van der Waals surface area (Å²) in [5.41, 5.74) is 1.93. The fourth-order valence-electron chi connectivity index (χ4n) is 1.61. The molecule has 0 amide bonds. The lowest BCUT2D eigenvalue weighted by atomic mass is 9.85. The molecule has 0 saturated carbocycles. The molecule has 0 aromatic heterocycles. The van der Waals surface area contributed by atoms with Crippen molar-refractivity contribution in [3.8, 4) is 11.5 Å². The lowest BCUT2D eigenvalue weighted by Gasteiger charge is -2.05. The van der Waals surface area contributed by atoms with E-state index in [9.17, 15) is 5.11 Å².